The summed E-state index contributed by atoms with van der Waals surface area (Å²) in [6.07, 6.45) is 0. The smallest absolute Gasteiger partial charge is 0.275 e. The Balaban J connectivity index is 1.47. The van der Waals surface area contributed by atoms with Crippen LogP contribution < -0.4 is 15.1 Å². The number of piperazine rings is 1. The number of nitrogens with one attached hydrogen (secondary N) is 2. The molecule has 1 atom stereocenters. The van der Waals surface area contributed by atoms with Gasteiger partial charge in [-0.1, -0.05) is 41.4 Å². The van der Waals surface area contributed by atoms with Crippen molar-refractivity contribution in [2.24, 2.45) is 0 Å². The Morgan fingerprint density at radius 1 is 1.12 bits per heavy atom. The molecule has 1 aliphatic heterocycles. The first-order valence-corrected chi connectivity index (χ1v) is 9.66. The first-order chi connectivity index (χ1) is 12.5. The van der Waals surface area contributed by atoms with E-state index < -0.39 is 0 Å². The zero-order valence-corrected chi connectivity index (χ0v) is 16.4. The van der Waals surface area contributed by atoms with Crippen molar-refractivity contribution in [1.29, 1.82) is 0 Å². The lowest BCUT2D eigenvalue weighted by atomic mass is 10.1. The lowest BCUT2D eigenvalue weighted by molar-refractivity contribution is -0.892. The fourth-order valence-electron chi connectivity index (χ4n) is 3.31. The van der Waals surface area contributed by atoms with E-state index >= 15 is 0 Å². The molecule has 1 saturated heterocycles. The maximum atomic E-state index is 12.4. The van der Waals surface area contributed by atoms with Crippen LogP contribution in [-0.2, 0) is 4.79 Å². The minimum absolute atomic E-state index is 0.0478. The van der Waals surface area contributed by atoms with Gasteiger partial charge >= 0.3 is 0 Å². The third-order valence-corrected chi connectivity index (χ3v) is 5.25. The molecule has 0 bridgehead atoms. The monoisotopic (exact) mass is 392 g/mol. The van der Waals surface area contributed by atoms with Gasteiger partial charge in [-0.15, -0.1) is 0 Å². The van der Waals surface area contributed by atoms with Crippen molar-refractivity contribution in [2.45, 2.75) is 13.0 Å². The van der Waals surface area contributed by atoms with Gasteiger partial charge in [0.1, 0.15) is 0 Å². The largest absolute Gasteiger partial charge is 0.360 e. The van der Waals surface area contributed by atoms with Gasteiger partial charge in [0.15, 0.2) is 6.54 Å². The molecule has 0 unspecified atom stereocenters. The van der Waals surface area contributed by atoms with Crippen LogP contribution in [0, 0.1) is 0 Å². The van der Waals surface area contributed by atoms with E-state index in [1.54, 1.807) is 0 Å². The van der Waals surface area contributed by atoms with E-state index in [4.69, 9.17) is 23.2 Å². The Bertz CT molecular complexity index is 760. The van der Waals surface area contributed by atoms with Crippen LogP contribution in [0.4, 0.5) is 5.69 Å². The van der Waals surface area contributed by atoms with Gasteiger partial charge in [0, 0.05) is 15.7 Å². The molecule has 1 fully saturated rings. The van der Waals surface area contributed by atoms with Gasteiger partial charge in [0.2, 0.25) is 0 Å². The average molecular weight is 393 g/mol. The number of amides is 1. The summed E-state index contributed by atoms with van der Waals surface area (Å²) < 4.78 is 0. The highest BCUT2D eigenvalue weighted by Gasteiger charge is 2.23. The van der Waals surface area contributed by atoms with Crippen molar-refractivity contribution >= 4 is 34.8 Å². The molecule has 0 saturated carbocycles. The maximum absolute atomic E-state index is 12.4. The number of carbonyl (C=O) groups excluding carboxylic acids is 1. The first kappa shape index (κ1) is 19.0. The van der Waals surface area contributed by atoms with E-state index in [2.05, 4.69) is 16.3 Å². The third-order valence-electron chi connectivity index (χ3n) is 4.78. The van der Waals surface area contributed by atoms with Crippen LogP contribution >= 0.6 is 23.2 Å². The van der Waals surface area contributed by atoms with Crippen LogP contribution in [0.2, 0.25) is 10.0 Å². The maximum Gasteiger partial charge on any atom is 0.275 e. The zero-order valence-electron chi connectivity index (χ0n) is 14.8. The quantitative estimate of drug-likeness (QED) is 0.820. The topological polar surface area (TPSA) is 36.8 Å². The Kier molecular flexibility index (Phi) is 6.41. The average Bonchev–Trinajstić information content (AvgIpc) is 2.62. The zero-order chi connectivity index (χ0) is 18.5. The third kappa shape index (κ3) is 5.13. The second-order valence-electron chi connectivity index (χ2n) is 6.74. The van der Waals surface area contributed by atoms with E-state index in [9.17, 15) is 4.79 Å². The number of rotatable bonds is 5. The molecule has 138 valence electrons. The molecule has 6 heteroatoms. The highest BCUT2D eigenvalue weighted by molar-refractivity contribution is 6.31. The van der Waals surface area contributed by atoms with Gasteiger partial charge < -0.3 is 15.1 Å². The fraction of sp³-hybridized carbons (Fsp3) is 0.350. The molecular formula is C20H24Cl2N3O+. The van der Waals surface area contributed by atoms with Crippen molar-refractivity contribution in [2.75, 3.05) is 37.6 Å². The Labute approximate surface area is 164 Å². The van der Waals surface area contributed by atoms with Crippen LogP contribution in [0.1, 0.15) is 18.5 Å². The highest BCUT2D eigenvalue weighted by atomic mass is 35.5. The predicted octanol–water partition coefficient (Wildman–Crippen LogP) is 2.58. The number of carbonyl (C=O) groups is 1. The first-order valence-electron chi connectivity index (χ1n) is 8.90. The highest BCUT2D eigenvalue weighted by Crippen LogP contribution is 2.19. The number of quaternary nitrogens is 1. The number of hydrogen-bond acceptors (Lipinski definition) is 2. The Morgan fingerprint density at radius 2 is 1.77 bits per heavy atom. The minimum atomic E-state index is -0.0478. The molecule has 3 rings (SSSR count). The predicted molar refractivity (Wildman–Crippen MR) is 107 cm³/mol. The molecule has 0 radical (unpaired) electrons. The number of anilines is 1. The van der Waals surface area contributed by atoms with Gasteiger partial charge in [0.25, 0.3) is 5.91 Å². The van der Waals surface area contributed by atoms with E-state index in [1.807, 2.05) is 49.4 Å². The Hall–Kier alpha value is -1.75. The van der Waals surface area contributed by atoms with Crippen LogP contribution in [0.5, 0.6) is 0 Å². The number of hydrogen-bond donors (Lipinski definition) is 2. The Morgan fingerprint density at radius 3 is 2.42 bits per heavy atom. The summed E-state index contributed by atoms with van der Waals surface area (Å²) in [6.45, 7) is 6.20. The molecule has 2 aromatic carbocycles. The van der Waals surface area contributed by atoms with Crippen LogP contribution in [0.25, 0.3) is 0 Å². The van der Waals surface area contributed by atoms with Crippen molar-refractivity contribution in [3.63, 3.8) is 0 Å². The molecule has 1 amide bonds. The van der Waals surface area contributed by atoms with Gasteiger partial charge in [0.05, 0.1) is 32.2 Å². The normalized spacial score (nSPS) is 16.3. The molecule has 0 aliphatic carbocycles. The summed E-state index contributed by atoms with van der Waals surface area (Å²) in [5.41, 5.74) is 2.17. The number of benzene rings is 2. The summed E-state index contributed by atoms with van der Waals surface area (Å²) in [6, 6.07) is 15.5. The molecule has 0 aromatic heterocycles. The van der Waals surface area contributed by atoms with E-state index in [0.717, 1.165) is 42.5 Å². The second kappa shape index (κ2) is 8.76. The lowest BCUT2D eigenvalue weighted by Gasteiger charge is -2.33. The van der Waals surface area contributed by atoms with Gasteiger partial charge in [-0.05, 0) is 42.8 Å². The van der Waals surface area contributed by atoms with Crippen molar-refractivity contribution < 1.29 is 9.69 Å². The lowest BCUT2D eigenvalue weighted by Crippen LogP contribution is -3.15. The van der Waals surface area contributed by atoms with E-state index in [0.29, 0.717) is 11.6 Å². The van der Waals surface area contributed by atoms with Crippen LogP contribution in [0.15, 0.2) is 48.5 Å². The summed E-state index contributed by atoms with van der Waals surface area (Å²) in [4.78, 5) is 16.0. The van der Waals surface area contributed by atoms with Crippen molar-refractivity contribution in [3.8, 4) is 0 Å². The van der Waals surface area contributed by atoms with E-state index in [-0.39, 0.29) is 11.9 Å². The van der Waals surface area contributed by atoms with Crippen LogP contribution in [0.3, 0.4) is 0 Å². The minimum Gasteiger partial charge on any atom is -0.360 e. The molecular weight excluding hydrogens is 369 g/mol. The van der Waals surface area contributed by atoms with Gasteiger partial charge in [-0.25, -0.2) is 0 Å². The molecule has 2 N–H and O–H groups in total. The number of halogens is 2. The van der Waals surface area contributed by atoms with Gasteiger partial charge in [-0.3, -0.25) is 4.79 Å². The number of nitrogens with zero attached hydrogens (tertiary/aromatic N) is 1. The summed E-state index contributed by atoms with van der Waals surface area (Å²) in [7, 11) is 0. The molecule has 1 aliphatic rings. The molecule has 4 nitrogen and oxygen atoms in total. The summed E-state index contributed by atoms with van der Waals surface area (Å²) in [5.74, 6) is 0.0729. The fourth-order valence-corrected chi connectivity index (χ4v) is 3.69. The molecule has 26 heavy (non-hydrogen) atoms. The molecule has 0 spiro atoms. The standard InChI is InChI=1S/C20H23Cl2N3O/c1-15(16-4-2-5-17(21)12-16)23-20(26)14-24-8-10-25(11-9-24)19-7-3-6-18(22)13-19/h2-7,12-13,15H,8-11,14H2,1H3,(H,23,26)/p+1/t15-/m0/s1. The van der Waals surface area contributed by atoms with Crippen molar-refractivity contribution in [1.82, 2.24) is 5.32 Å². The second-order valence-corrected chi connectivity index (χ2v) is 7.61. The summed E-state index contributed by atoms with van der Waals surface area (Å²) in [5, 5.41) is 4.51. The van der Waals surface area contributed by atoms with Crippen LogP contribution in [-0.4, -0.2) is 38.6 Å². The molecule has 1 heterocycles. The SMILES string of the molecule is C[C@H](NC(=O)C[NH+]1CCN(c2cccc(Cl)c2)CC1)c1cccc(Cl)c1. The van der Waals surface area contributed by atoms with Crippen molar-refractivity contribution in [3.05, 3.63) is 64.1 Å². The molecule has 2 aromatic rings. The van der Waals surface area contributed by atoms with Gasteiger partial charge in [-0.2, -0.15) is 0 Å². The van der Waals surface area contributed by atoms with E-state index in [1.165, 1.54) is 4.90 Å². The summed E-state index contributed by atoms with van der Waals surface area (Å²) >= 11 is 12.1.